The second-order valence-corrected chi connectivity index (χ2v) is 28.6. The molecule has 24 nitrogen and oxygen atoms in total. The molecule has 0 unspecified atom stereocenters. The van der Waals surface area contributed by atoms with E-state index < -0.39 is 0 Å². The Hall–Kier alpha value is -17.3. The fourth-order valence-corrected chi connectivity index (χ4v) is 15.4. The highest BCUT2D eigenvalue weighted by atomic mass is 16.5. The van der Waals surface area contributed by atoms with Crippen LogP contribution in [0, 0.1) is 0 Å². The summed E-state index contributed by atoms with van der Waals surface area (Å²) in [5.74, 6) is 1.04. The number of nitrogens with zero attached hydrogens (tertiary/aromatic N) is 12. The van der Waals surface area contributed by atoms with Crippen molar-refractivity contribution in [2.24, 2.45) is 0 Å². The van der Waals surface area contributed by atoms with E-state index in [1.54, 1.807) is 24.3 Å². The third-order valence-corrected chi connectivity index (χ3v) is 21.1. The van der Waals surface area contributed by atoms with Gasteiger partial charge >= 0.3 is 24.0 Å². The number of phenols is 8. The van der Waals surface area contributed by atoms with Gasteiger partial charge in [-0.3, -0.25) is 0 Å². The minimum Gasteiger partial charge on any atom is -0.507 e. The van der Waals surface area contributed by atoms with Crippen molar-refractivity contribution in [2.45, 2.75) is 0 Å². The molecule has 0 saturated carbocycles. The smallest absolute Gasteiger partial charge is 0.320 e. The highest BCUT2D eigenvalue weighted by Gasteiger charge is 2.25. The van der Waals surface area contributed by atoms with Gasteiger partial charge in [0.1, 0.15) is 68.2 Å². The molecule has 4 aromatic heterocycles. The van der Waals surface area contributed by atoms with Crippen molar-refractivity contribution >= 4 is 97.0 Å². The van der Waals surface area contributed by atoms with E-state index in [0.717, 1.165) is 114 Å². The number of methoxy groups -OCH3 is 4. The lowest BCUT2D eigenvalue weighted by molar-refractivity contribution is 0.379. The summed E-state index contributed by atoms with van der Waals surface area (Å²) in [6.45, 7) is 0. The van der Waals surface area contributed by atoms with Crippen LogP contribution in [0.3, 0.4) is 0 Å². The molecule has 17 aromatic carbocycles. The average molecular weight is 1630 g/mol. The summed E-state index contributed by atoms with van der Waals surface area (Å²) >= 11 is 0. The lowest BCUT2D eigenvalue weighted by Gasteiger charge is -2.13. The standard InChI is InChI=1S/C28H19N3O3.3C24H17N3O3/c1-34-28-30-26(29-27(31-28)25-23(32)11-6-12-24(25)33)22-15-21-17-8-3-2-7-16(17)13-14-20(21)18-9-4-5-10-19(18)22;1-30-24-26-22(25-23(27-24)21-18(28)11-6-12-19(21)29)20-16-9-4-2-7-14(16)13-15-8-3-5-10-17(15)20;1-30-24-26-22(25-23(27-24)21-19(28)11-6-12-20(21)29)18-13-14-7-2-3-8-15(14)16-9-4-5-10-17(16)18;1-30-24-26-22(25-23(27-24)21-19(28)7-4-8-20(21)29)17-10-9-16-11-14-5-2-3-6-15(14)12-18(16)13-17/h2-15,32-33H,1H3;3*2-13,28-29H,1H3. The van der Waals surface area contributed by atoms with E-state index in [1.807, 2.05) is 152 Å². The number of rotatable bonds is 12. The van der Waals surface area contributed by atoms with E-state index >= 15 is 0 Å². The molecule has 4 heterocycles. The van der Waals surface area contributed by atoms with Crippen LogP contribution in [0.1, 0.15) is 0 Å². The Morgan fingerprint density at radius 1 is 0.169 bits per heavy atom. The highest BCUT2D eigenvalue weighted by Crippen LogP contribution is 2.45. The molecule has 0 aliphatic rings. The zero-order chi connectivity index (χ0) is 85.2. The molecule has 0 spiro atoms. The van der Waals surface area contributed by atoms with Crippen molar-refractivity contribution in [1.82, 2.24) is 59.8 Å². The molecule has 0 saturated heterocycles. The van der Waals surface area contributed by atoms with Crippen LogP contribution < -0.4 is 18.9 Å². The van der Waals surface area contributed by atoms with Gasteiger partial charge in [-0.2, -0.15) is 39.9 Å². The van der Waals surface area contributed by atoms with Crippen molar-refractivity contribution in [2.75, 3.05) is 28.4 Å². The number of aromatic hydroxyl groups is 8. The number of ether oxygens (including phenoxy) is 4. The molecule has 602 valence electrons. The van der Waals surface area contributed by atoms with E-state index in [0.29, 0.717) is 23.3 Å². The lowest BCUT2D eigenvalue weighted by atomic mass is 9.93. The molecule has 0 fully saturated rings. The van der Waals surface area contributed by atoms with Gasteiger partial charge in [0.15, 0.2) is 46.6 Å². The maximum absolute atomic E-state index is 10.4. The molecule has 0 radical (unpaired) electrons. The quantitative estimate of drug-likeness (QED) is 0.0416. The van der Waals surface area contributed by atoms with Crippen LogP contribution in [0.25, 0.3) is 188 Å². The largest absolute Gasteiger partial charge is 0.507 e. The number of hydrogen-bond donors (Lipinski definition) is 8. The SMILES string of the molecule is COc1nc(-c2c(O)cccc2O)nc(-c2c3ccccc3cc3ccccc23)n1.COc1nc(-c2c(O)cccc2O)nc(-c2cc3c4ccccc4ccc3c3ccccc23)n1.COc1nc(-c2c(O)cccc2O)nc(-c2cc3ccccc3c3ccccc23)n1.COc1nc(-c2ccc3cc4ccccc4cc3c2)nc(-c2c(O)cccc2O)n1. The maximum atomic E-state index is 10.4. The molecule has 124 heavy (non-hydrogen) atoms. The summed E-state index contributed by atoms with van der Waals surface area (Å²) in [6, 6.07) is 95.8. The van der Waals surface area contributed by atoms with Crippen molar-refractivity contribution < 1.29 is 59.8 Å². The second-order valence-electron chi connectivity index (χ2n) is 28.6. The van der Waals surface area contributed by atoms with E-state index in [9.17, 15) is 40.9 Å². The van der Waals surface area contributed by atoms with Gasteiger partial charge < -0.3 is 59.8 Å². The predicted octanol–water partition coefficient (Wildman–Crippen LogP) is 20.9. The average Bonchev–Trinajstić information content (AvgIpc) is 0.739. The Labute approximate surface area is 705 Å². The van der Waals surface area contributed by atoms with Crippen LogP contribution in [0.5, 0.6) is 70.0 Å². The number of fused-ring (bicyclic) bond motifs is 12. The van der Waals surface area contributed by atoms with Gasteiger partial charge in [0.25, 0.3) is 0 Å². The third kappa shape index (κ3) is 15.0. The van der Waals surface area contributed by atoms with Crippen molar-refractivity contribution in [3.63, 3.8) is 0 Å². The summed E-state index contributed by atoms with van der Waals surface area (Å²) in [4.78, 5) is 53.2. The Balaban J connectivity index is 0.000000113. The molecule has 0 aliphatic heterocycles. The Kier molecular flexibility index (Phi) is 20.9. The summed E-state index contributed by atoms with van der Waals surface area (Å²) in [6.07, 6.45) is 0. The zero-order valence-electron chi connectivity index (χ0n) is 66.4. The summed E-state index contributed by atoms with van der Waals surface area (Å²) < 4.78 is 21.2. The van der Waals surface area contributed by atoms with Crippen LogP contribution in [-0.4, -0.2) is 129 Å². The molecule has 8 N–H and O–H groups in total. The second kappa shape index (κ2) is 33.3. The normalized spacial score (nSPS) is 11.2. The molecule has 21 aromatic rings. The first-order valence-corrected chi connectivity index (χ1v) is 38.9. The van der Waals surface area contributed by atoms with E-state index in [4.69, 9.17) is 18.9 Å². The predicted molar refractivity (Wildman–Crippen MR) is 480 cm³/mol. The number of benzene rings is 17. The van der Waals surface area contributed by atoms with E-state index in [2.05, 4.69) is 139 Å². The Morgan fingerprint density at radius 3 is 0.855 bits per heavy atom. The number of phenolic OH excluding ortho intramolecular Hbond substituents is 8. The van der Waals surface area contributed by atoms with Gasteiger partial charge in [-0.05, 0) is 182 Å². The molecule has 21 rings (SSSR count). The first-order chi connectivity index (χ1) is 60.6. The maximum Gasteiger partial charge on any atom is 0.320 e. The summed E-state index contributed by atoms with van der Waals surface area (Å²) in [5, 5.41) is 102. The third-order valence-electron chi connectivity index (χ3n) is 21.1. The molecule has 0 amide bonds. The number of hydrogen-bond acceptors (Lipinski definition) is 24. The van der Waals surface area contributed by atoms with Crippen molar-refractivity contribution in [3.8, 4) is 161 Å². The molecular formula is C100H70N12O12. The Morgan fingerprint density at radius 2 is 0.435 bits per heavy atom. The van der Waals surface area contributed by atoms with E-state index in [-0.39, 0.29) is 116 Å². The fourth-order valence-electron chi connectivity index (χ4n) is 15.4. The summed E-state index contributed by atoms with van der Waals surface area (Å²) in [7, 11) is 5.86. The van der Waals surface area contributed by atoms with Crippen LogP contribution >= 0.6 is 0 Å². The molecular weight excluding hydrogens is 1560 g/mol. The lowest BCUT2D eigenvalue weighted by Crippen LogP contribution is -2.01. The molecule has 24 heteroatoms. The molecule has 0 bridgehead atoms. The highest BCUT2D eigenvalue weighted by molar-refractivity contribution is 6.21. The van der Waals surface area contributed by atoms with Gasteiger partial charge in [0.05, 0.1) is 28.4 Å². The minimum absolute atomic E-state index is 0.0877. The topological polar surface area (TPSA) is 353 Å². The van der Waals surface area contributed by atoms with Gasteiger partial charge in [-0.25, -0.2) is 19.9 Å². The van der Waals surface area contributed by atoms with Gasteiger partial charge in [-0.15, -0.1) is 0 Å². The van der Waals surface area contributed by atoms with Crippen LogP contribution in [0.2, 0.25) is 0 Å². The number of aromatic nitrogens is 12. The van der Waals surface area contributed by atoms with Crippen molar-refractivity contribution in [3.05, 3.63) is 303 Å². The fraction of sp³-hybridized carbons (Fsp3) is 0.0400. The first-order valence-electron chi connectivity index (χ1n) is 38.9. The molecule has 0 aliphatic carbocycles. The zero-order valence-corrected chi connectivity index (χ0v) is 66.4. The monoisotopic (exact) mass is 1630 g/mol. The Bertz CT molecular complexity index is 7650. The summed E-state index contributed by atoms with van der Waals surface area (Å²) in [5.41, 5.74) is 3.73. The molecule has 0 atom stereocenters. The van der Waals surface area contributed by atoms with E-state index in [1.165, 1.54) is 82.4 Å². The van der Waals surface area contributed by atoms with Crippen LogP contribution in [0.4, 0.5) is 0 Å². The van der Waals surface area contributed by atoms with Gasteiger partial charge in [-0.1, -0.05) is 218 Å². The van der Waals surface area contributed by atoms with Gasteiger partial charge in [0, 0.05) is 22.3 Å². The van der Waals surface area contributed by atoms with Crippen LogP contribution in [-0.2, 0) is 0 Å². The van der Waals surface area contributed by atoms with Crippen LogP contribution in [0.15, 0.2) is 303 Å². The van der Waals surface area contributed by atoms with Gasteiger partial charge in [0.2, 0.25) is 0 Å². The minimum atomic E-state index is -0.131. The first kappa shape index (κ1) is 77.9. The van der Waals surface area contributed by atoms with Crippen molar-refractivity contribution in [1.29, 1.82) is 0 Å².